The fraction of sp³-hybridized carbons (Fsp3) is 0.250. The zero-order valence-electron chi connectivity index (χ0n) is 15.9. The van der Waals surface area contributed by atoms with Crippen LogP contribution in [0.25, 0.3) is 11.3 Å². The predicted molar refractivity (Wildman–Crippen MR) is 103 cm³/mol. The van der Waals surface area contributed by atoms with E-state index in [9.17, 15) is 18.0 Å². The standard InChI is InChI=1S/C20H20F3N5O/c1-3-24-19-27-9-12(2)17(28-19)14-8-16(25-11-14)18(29)26-10-13-5-4-6-15(7-13)20(21,22)23/h4-9,11,25H,3,10H2,1-2H3,(H,26,29)(H,24,27,28). The highest BCUT2D eigenvalue weighted by atomic mass is 19.4. The van der Waals surface area contributed by atoms with E-state index in [-0.39, 0.29) is 12.2 Å². The number of hydrogen-bond acceptors (Lipinski definition) is 4. The molecule has 29 heavy (non-hydrogen) atoms. The molecule has 3 aromatic rings. The number of aromatic amines is 1. The number of aromatic nitrogens is 3. The zero-order chi connectivity index (χ0) is 21.0. The highest BCUT2D eigenvalue weighted by molar-refractivity contribution is 5.93. The van der Waals surface area contributed by atoms with Gasteiger partial charge in [-0.25, -0.2) is 9.97 Å². The second-order valence-electron chi connectivity index (χ2n) is 6.44. The average Bonchev–Trinajstić information content (AvgIpc) is 3.17. The molecular weight excluding hydrogens is 383 g/mol. The molecule has 2 heterocycles. The molecule has 0 radical (unpaired) electrons. The summed E-state index contributed by atoms with van der Waals surface area (Å²) in [5, 5.41) is 5.66. The van der Waals surface area contributed by atoms with Gasteiger partial charge >= 0.3 is 6.18 Å². The normalized spacial score (nSPS) is 11.3. The summed E-state index contributed by atoms with van der Waals surface area (Å²) in [5.41, 5.74) is 2.15. The highest BCUT2D eigenvalue weighted by Gasteiger charge is 2.30. The number of benzene rings is 1. The van der Waals surface area contributed by atoms with Gasteiger partial charge in [0.05, 0.1) is 11.3 Å². The molecule has 3 N–H and O–H groups in total. The number of carbonyl (C=O) groups excluding carboxylic acids is 1. The number of H-pyrrole nitrogens is 1. The van der Waals surface area contributed by atoms with E-state index in [1.54, 1.807) is 18.5 Å². The Morgan fingerprint density at radius 3 is 2.76 bits per heavy atom. The largest absolute Gasteiger partial charge is 0.416 e. The van der Waals surface area contributed by atoms with E-state index in [1.165, 1.54) is 12.1 Å². The first-order valence-electron chi connectivity index (χ1n) is 8.98. The molecular formula is C20H20F3N5O. The lowest BCUT2D eigenvalue weighted by Crippen LogP contribution is -2.23. The van der Waals surface area contributed by atoms with E-state index in [4.69, 9.17) is 0 Å². The lowest BCUT2D eigenvalue weighted by Gasteiger charge is -2.09. The van der Waals surface area contributed by atoms with Crippen LogP contribution in [0.4, 0.5) is 19.1 Å². The molecule has 1 amide bonds. The first-order valence-corrected chi connectivity index (χ1v) is 8.98. The lowest BCUT2D eigenvalue weighted by atomic mass is 10.1. The summed E-state index contributed by atoms with van der Waals surface area (Å²) in [6.45, 7) is 4.46. The first kappa shape index (κ1) is 20.4. The molecule has 0 fully saturated rings. The highest BCUT2D eigenvalue weighted by Crippen LogP contribution is 2.29. The molecule has 152 valence electrons. The topological polar surface area (TPSA) is 82.7 Å². The van der Waals surface area contributed by atoms with Crippen molar-refractivity contribution in [2.45, 2.75) is 26.6 Å². The van der Waals surface area contributed by atoms with Gasteiger partial charge in [-0.1, -0.05) is 12.1 Å². The quantitative estimate of drug-likeness (QED) is 0.577. The van der Waals surface area contributed by atoms with E-state index in [0.717, 1.165) is 17.7 Å². The zero-order valence-corrected chi connectivity index (χ0v) is 15.9. The summed E-state index contributed by atoms with van der Waals surface area (Å²) in [6, 6.07) is 6.51. The number of rotatable bonds is 6. The summed E-state index contributed by atoms with van der Waals surface area (Å²) in [5.74, 6) is 0.0668. The van der Waals surface area contributed by atoms with E-state index in [2.05, 4.69) is 25.6 Å². The van der Waals surface area contributed by atoms with Crippen LogP contribution in [0.1, 0.15) is 34.1 Å². The Kier molecular flexibility index (Phi) is 5.86. The molecule has 0 bridgehead atoms. The Labute approximate surface area is 165 Å². The minimum Gasteiger partial charge on any atom is -0.357 e. The van der Waals surface area contributed by atoms with Crippen LogP contribution in [0.5, 0.6) is 0 Å². The van der Waals surface area contributed by atoms with E-state index in [1.807, 2.05) is 13.8 Å². The van der Waals surface area contributed by atoms with Crippen molar-refractivity contribution in [3.63, 3.8) is 0 Å². The smallest absolute Gasteiger partial charge is 0.357 e. The fourth-order valence-electron chi connectivity index (χ4n) is 2.77. The number of amides is 1. The van der Waals surface area contributed by atoms with Crippen molar-refractivity contribution >= 4 is 11.9 Å². The number of aryl methyl sites for hydroxylation is 1. The van der Waals surface area contributed by atoms with Crippen LogP contribution in [-0.2, 0) is 12.7 Å². The third-order valence-corrected chi connectivity index (χ3v) is 4.22. The molecule has 0 aliphatic carbocycles. The number of halogens is 3. The SMILES string of the molecule is CCNc1ncc(C)c(-c2c[nH]c(C(=O)NCc3cccc(C(F)(F)F)c3)c2)n1. The van der Waals surface area contributed by atoms with Crippen LogP contribution in [0.3, 0.4) is 0 Å². The van der Waals surface area contributed by atoms with Crippen molar-refractivity contribution in [3.05, 3.63) is 65.1 Å². The van der Waals surface area contributed by atoms with Gasteiger partial charge in [0.25, 0.3) is 5.91 Å². The Morgan fingerprint density at radius 1 is 1.24 bits per heavy atom. The summed E-state index contributed by atoms with van der Waals surface area (Å²) < 4.78 is 38.4. The second kappa shape index (κ2) is 8.34. The van der Waals surface area contributed by atoms with Gasteiger partial charge < -0.3 is 15.6 Å². The van der Waals surface area contributed by atoms with Crippen molar-refractivity contribution in [1.29, 1.82) is 0 Å². The summed E-state index contributed by atoms with van der Waals surface area (Å²) in [6.07, 6.45) is -1.07. The number of nitrogens with zero attached hydrogens (tertiary/aromatic N) is 2. The maximum Gasteiger partial charge on any atom is 0.416 e. The van der Waals surface area contributed by atoms with E-state index in [0.29, 0.717) is 29.3 Å². The van der Waals surface area contributed by atoms with Crippen molar-refractivity contribution in [1.82, 2.24) is 20.3 Å². The molecule has 0 atom stereocenters. The van der Waals surface area contributed by atoms with Crippen LogP contribution in [0.15, 0.2) is 42.7 Å². The van der Waals surface area contributed by atoms with Crippen LogP contribution in [-0.4, -0.2) is 27.4 Å². The van der Waals surface area contributed by atoms with E-state index < -0.39 is 17.6 Å². The number of alkyl halides is 3. The molecule has 9 heteroatoms. The Bertz CT molecular complexity index is 1010. The van der Waals surface area contributed by atoms with Crippen molar-refractivity contribution in [2.24, 2.45) is 0 Å². The number of hydrogen-bond donors (Lipinski definition) is 3. The average molecular weight is 403 g/mol. The van der Waals surface area contributed by atoms with Crippen LogP contribution >= 0.6 is 0 Å². The minimum atomic E-state index is -4.42. The second-order valence-corrected chi connectivity index (χ2v) is 6.44. The fourth-order valence-corrected chi connectivity index (χ4v) is 2.77. The van der Waals surface area contributed by atoms with Crippen molar-refractivity contribution < 1.29 is 18.0 Å². The first-order chi connectivity index (χ1) is 13.8. The van der Waals surface area contributed by atoms with Gasteiger partial charge in [-0.15, -0.1) is 0 Å². The lowest BCUT2D eigenvalue weighted by molar-refractivity contribution is -0.137. The molecule has 6 nitrogen and oxygen atoms in total. The van der Waals surface area contributed by atoms with Crippen molar-refractivity contribution in [2.75, 3.05) is 11.9 Å². The van der Waals surface area contributed by atoms with Gasteiger partial charge in [0, 0.05) is 31.0 Å². The molecule has 0 unspecified atom stereocenters. The summed E-state index contributed by atoms with van der Waals surface area (Å²) in [7, 11) is 0. The van der Waals surface area contributed by atoms with Gasteiger partial charge in [-0.3, -0.25) is 4.79 Å². The predicted octanol–water partition coefficient (Wildman–Crippen LogP) is 4.16. The molecule has 0 aliphatic rings. The van der Waals surface area contributed by atoms with Crippen molar-refractivity contribution in [3.8, 4) is 11.3 Å². The number of anilines is 1. The third kappa shape index (κ3) is 4.92. The molecule has 1 aromatic carbocycles. The van der Waals surface area contributed by atoms with Crippen LogP contribution in [0, 0.1) is 6.92 Å². The van der Waals surface area contributed by atoms with Gasteiger partial charge in [0.2, 0.25) is 5.95 Å². The molecule has 0 spiro atoms. The maximum atomic E-state index is 12.8. The maximum absolute atomic E-state index is 12.8. The number of carbonyl (C=O) groups is 1. The molecule has 2 aromatic heterocycles. The summed E-state index contributed by atoms with van der Waals surface area (Å²) in [4.78, 5) is 23.9. The van der Waals surface area contributed by atoms with Gasteiger partial charge in [0.1, 0.15) is 5.69 Å². The molecule has 0 saturated carbocycles. The minimum absolute atomic E-state index is 0.0196. The summed E-state index contributed by atoms with van der Waals surface area (Å²) >= 11 is 0. The van der Waals surface area contributed by atoms with E-state index >= 15 is 0 Å². The van der Waals surface area contributed by atoms with Gasteiger partial charge in [-0.2, -0.15) is 13.2 Å². The molecule has 0 aliphatic heterocycles. The Hall–Kier alpha value is -3.36. The van der Waals surface area contributed by atoms with Crippen LogP contribution < -0.4 is 10.6 Å². The Morgan fingerprint density at radius 2 is 2.03 bits per heavy atom. The monoisotopic (exact) mass is 403 g/mol. The van der Waals surface area contributed by atoms with Gasteiger partial charge in [-0.05, 0) is 43.2 Å². The molecule has 3 rings (SSSR count). The third-order valence-electron chi connectivity index (χ3n) is 4.22. The molecule has 0 saturated heterocycles. The van der Waals surface area contributed by atoms with Gasteiger partial charge in [0.15, 0.2) is 0 Å². The van der Waals surface area contributed by atoms with Crippen LogP contribution in [0.2, 0.25) is 0 Å². The number of nitrogens with one attached hydrogen (secondary N) is 3. The Balaban J connectivity index is 1.71.